The summed E-state index contributed by atoms with van der Waals surface area (Å²) in [5.74, 6) is -1.91. The number of hydrogen-bond acceptors (Lipinski definition) is 12. The van der Waals surface area contributed by atoms with E-state index in [1.165, 1.54) is 27.8 Å². The third-order valence-corrected chi connectivity index (χ3v) is 14.3. The van der Waals surface area contributed by atoms with Gasteiger partial charge in [0.25, 0.3) is 6.47 Å². The van der Waals surface area contributed by atoms with Crippen LogP contribution in [0.1, 0.15) is 54.1 Å². The molecule has 0 amide bonds. The number of carbonyl (C=O) groups excluding carboxylic acids is 1. The van der Waals surface area contributed by atoms with Crippen LogP contribution < -0.4 is 27.7 Å². The lowest BCUT2D eigenvalue weighted by Crippen LogP contribution is -2.05. The average molecular weight is 1040 g/mol. The molecule has 9 aromatic carbocycles. The molecular formula is C64H47N9O6. The zero-order valence-electron chi connectivity index (χ0n) is 42.1. The van der Waals surface area contributed by atoms with Gasteiger partial charge in [-0.2, -0.15) is 0 Å². The fourth-order valence-electron chi connectivity index (χ4n) is 10.2. The number of aromatic amines is 1. The third-order valence-electron chi connectivity index (χ3n) is 14.3. The van der Waals surface area contributed by atoms with Crippen LogP contribution in [-0.2, 0) is 24.1 Å². The predicted octanol–water partition coefficient (Wildman–Crippen LogP) is 12.2. The van der Waals surface area contributed by atoms with Gasteiger partial charge in [0, 0.05) is 24.8 Å². The second-order valence-corrected chi connectivity index (χ2v) is 19.5. The molecule has 1 aromatic heterocycles. The zero-order valence-corrected chi connectivity index (χ0v) is 42.1. The Bertz CT molecular complexity index is 4280. The summed E-state index contributed by atoms with van der Waals surface area (Å²) in [4.78, 5) is 54.9. The number of rotatable bonds is 11. The number of carboxylic acids is 2. The number of fused-ring (bicyclic) bond motifs is 4. The molecule has 0 saturated heterocycles. The first kappa shape index (κ1) is 49.0. The van der Waals surface area contributed by atoms with Gasteiger partial charge >= 0.3 is 11.9 Å². The van der Waals surface area contributed by atoms with Crippen molar-refractivity contribution in [2.75, 3.05) is 22.9 Å². The van der Waals surface area contributed by atoms with Crippen molar-refractivity contribution >= 4 is 86.4 Å². The standard InChI is InChI=1S/C55H41N9.C9H6O6/c56-43-13-7-33(24-45(43)58)32-11-17-49-42(21-32)28-52(61-49)37-4-1-3-36(22-37)51-27-40-19-30(9-15-47(40)60-51)31-10-16-48-41(20-31)29-53(62-48)38-5-2-6-39(23-38)55-63-50-18-12-35(26-54(50)64-55)34-8-14-44(57)46(59)25-34;10-4-15-7-2-5(8(11)12)1-6(3-7)9(13)14/h1-26H,27-29,56-59H2,(H,63,64);1-4H,(H,11,12)(H,13,14). The molecule has 3 aliphatic heterocycles. The molecule has 0 aliphatic carbocycles. The predicted molar refractivity (Wildman–Crippen MR) is 312 cm³/mol. The number of imidazole rings is 1. The topological polar surface area (TPSA) is 271 Å². The van der Waals surface area contributed by atoms with Gasteiger partial charge in [0.2, 0.25) is 0 Å². The van der Waals surface area contributed by atoms with E-state index in [9.17, 15) is 14.4 Å². The van der Waals surface area contributed by atoms with Crippen LogP contribution in [-0.4, -0.2) is 55.7 Å². The molecule has 0 atom stereocenters. The SMILES string of the molecule is Nc1ccc(-c2ccc3c(c2)CC(c2cccc(C4=Nc5ccc(-c6ccc7c(c6)CC(c6cccc(-c8nc9cc(-c%10ccc(N)c(N)c%10)ccc9[nH]8)c6)=N7)cc5C4)c2)=N3)cc1N.O=COc1cc(C(=O)O)cc(C(=O)O)c1. The van der Waals surface area contributed by atoms with Gasteiger partial charge in [0.15, 0.2) is 0 Å². The first-order chi connectivity index (χ1) is 38.3. The summed E-state index contributed by atoms with van der Waals surface area (Å²) in [6.45, 7) is 0.0899. The number of carbonyl (C=O) groups is 3. The van der Waals surface area contributed by atoms with Crippen LogP contribution >= 0.6 is 0 Å². The number of carboxylic acid groups (broad SMARTS) is 2. The number of aromatic nitrogens is 2. The lowest BCUT2D eigenvalue weighted by atomic mass is 9.95. The highest BCUT2D eigenvalue weighted by molar-refractivity contribution is 6.11. The minimum Gasteiger partial charge on any atom is -0.478 e. The molecule has 4 heterocycles. The van der Waals surface area contributed by atoms with Crippen molar-refractivity contribution in [1.29, 1.82) is 0 Å². The number of aliphatic imine (C=N–C) groups is 3. The quantitative estimate of drug-likeness (QED) is 0.0473. The van der Waals surface area contributed by atoms with E-state index >= 15 is 0 Å². The molecule has 384 valence electrons. The summed E-state index contributed by atoms with van der Waals surface area (Å²) >= 11 is 0. The van der Waals surface area contributed by atoms with Crippen molar-refractivity contribution in [2.24, 2.45) is 15.0 Å². The molecule has 0 saturated carbocycles. The van der Waals surface area contributed by atoms with Crippen molar-refractivity contribution in [3.05, 3.63) is 220 Å². The molecule has 15 heteroatoms. The highest BCUT2D eigenvalue weighted by Gasteiger charge is 2.23. The monoisotopic (exact) mass is 1040 g/mol. The number of nitrogen functional groups attached to an aromatic ring is 4. The lowest BCUT2D eigenvalue weighted by Gasteiger charge is -2.08. The van der Waals surface area contributed by atoms with Crippen LogP contribution in [0.5, 0.6) is 5.75 Å². The number of nitrogens with two attached hydrogens (primary N) is 4. The molecule has 0 bridgehead atoms. The molecule has 13 rings (SSSR count). The van der Waals surface area contributed by atoms with Crippen LogP contribution in [0, 0.1) is 0 Å². The Balaban J connectivity index is 0.000000362. The number of aromatic carboxylic acids is 2. The van der Waals surface area contributed by atoms with Crippen molar-refractivity contribution in [3.63, 3.8) is 0 Å². The number of nitrogens with zero attached hydrogens (tertiary/aromatic N) is 4. The molecule has 15 nitrogen and oxygen atoms in total. The van der Waals surface area contributed by atoms with E-state index in [2.05, 4.69) is 131 Å². The summed E-state index contributed by atoms with van der Waals surface area (Å²) in [6.07, 6.45) is 2.29. The first-order valence-electron chi connectivity index (χ1n) is 25.1. The van der Waals surface area contributed by atoms with E-state index < -0.39 is 11.9 Å². The van der Waals surface area contributed by atoms with E-state index in [0.29, 0.717) is 22.7 Å². The van der Waals surface area contributed by atoms with E-state index in [-0.39, 0.29) is 23.3 Å². The molecule has 11 N–H and O–H groups in total. The van der Waals surface area contributed by atoms with Crippen LogP contribution in [0.3, 0.4) is 0 Å². The van der Waals surface area contributed by atoms with Gasteiger partial charge in [-0.3, -0.25) is 19.8 Å². The fraction of sp³-hybridized carbons (Fsp3) is 0.0469. The second-order valence-electron chi connectivity index (χ2n) is 19.5. The Morgan fingerprint density at radius 3 is 1.29 bits per heavy atom. The first-order valence-corrected chi connectivity index (χ1v) is 25.1. The number of ether oxygens (including phenoxy) is 1. The fourth-order valence-corrected chi connectivity index (χ4v) is 10.2. The minimum atomic E-state index is -1.30. The van der Waals surface area contributed by atoms with Crippen molar-refractivity contribution in [2.45, 2.75) is 19.3 Å². The Labute approximate surface area is 452 Å². The maximum atomic E-state index is 10.6. The van der Waals surface area contributed by atoms with Gasteiger partial charge in [0.05, 0.1) is 79.1 Å². The zero-order chi connectivity index (χ0) is 54.5. The van der Waals surface area contributed by atoms with Gasteiger partial charge in [-0.1, -0.05) is 72.8 Å². The summed E-state index contributed by atoms with van der Waals surface area (Å²) in [5, 5.41) is 17.3. The Hall–Kier alpha value is -10.9. The van der Waals surface area contributed by atoms with Crippen molar-refractivity contribution < 1.29 is 29.3 Å². The Kier molecular flexibility index (Phi) is 12.4. The maximum Gasteiger partial charge on any atom is 0.335 e. The summed E-state index contributed by atoms with van der Waals surface area (Å²) in [7, 11) is 0. The summed E-state index contributed by atoms with van der Waals surface area (Å²) in [5.41, 5.74) is 48.5. The minimum absolute atomic E-state index is 0.0899. The largest absolute Gasteiger partial charge is 0.478 e. The van der Waals surface area contributed by atoms with E-state index in [1.807, 2.05) is 36.4 Å². The third kappa shape index (κ3) is 9.82. The molecule has 3 aliphatic rings. The molecule has 0 unspecified atom stereocenters. The maximum absolute atomic E-state index is 10.6. The van der Waals surface area contributed by atoms with Gasteiger partial charge < -0.3 is 42.9 Å². The van der Waals surface area contributed by atoms with Gasteiger partial charge in [-0.15, -0.1) is 0 Å². The highest BCUT2D eigenvalue weighted by atomic mass is 16.5. The number of benzene rings is 9. The summed E-state index contributed by atoms with van der Waals surface area (Å²) in [6, 6.07) is 57.6. The lowest BCUT2D eigenvalue weighted by molar-refractivity contribution is -0.120. The smallest absolute Gasteiger partial charge is 0.335 e. The van der Waals surface area contributed by atoms with Crippen LogP contribution in [0.25, 0.3) is 55.8 Å². The van der Waals surface area contributed by atoms with E-state index in [1.54, 1.807) is 0 Å². The number of anilines is 4. The molecule has 0 radical (unpaired) electrons. The van der Waals surface area contributed by atoms with Crippen LogP contribution in [0.15, 0.2) is 191 Å². The van der Waals surface area contributed by atoms with Crippen molar-refractivity contribution in [3.8, 4) is 50.5 Å². The molecule has 0 fully saturated rings. The molecule has 10 aromatic rings. The normalized spacial score (nSPS) is 12.8. The number of hydrogen-bond donors (Lipinski definition) is 7. The van der Waals surface area contributed by atoms with E-state index in [0.717, 1.165) is 133 Å². The van der Waals surface area contributed by atoms with Gasteiger partial charge in [-0.05, 0) is 170 Å². The number of nitrogens with one attached hydrogen (secondary N) is 1. The number of H-pyrrole nitrogens is 1. The Morgan fingerprint density at radius 1 is 0.443 bits per heavy atom. The molecule has 79 heavy (non-hydrogen) atoms. The molecular weight excluding hydrogens is 991 g/mol. The Morgan fingerprint density at radius 2 is 0.848 bits per heavy atom. The van der Waals surface area contributed by atoms with Crippen LogP contribution in [0.4, 0.5) is 39.8 Å². The highest BCUT2D eigenvalue weighted by Crippen LogP contribution is 2.39. The van der Waals surface area contributed by atoms with Gasteiger partial charge in [-0.25, -0.2) is 14.6 Å². The van der Waals surface area contributed by atoms with E-state index in [4.69, 9.17) is 53.1 Å². The second kappa shape index (κ2) is 20.0. The van der Waals surface area contributed by atoms with Crippen molar-refractivity contribution in [1.82, 2.24) is 9.97 Å². The van der Waals surface area contributed by atoms with Crippen LogP contribution in [0.2, 0.25) is 0 Å². The van der Waals surface area contributed by atoms with Gasteiger partial charge in [0.1, 0.15) is 11.6 Å². The average Bonchev–Trinajstić information content (AvgIpc) is 4.41. The summed E-state index contributed by atoms with van der Waals surface area (Å²) < 4.78 is 4.38. The molecule has 0 spiro atoms.